The summed E-state index contributed by atoms with van der Waals surface area (Å²) in [4.78, 5) is 2.98. The van der Waals surface area contributed by atoms with Crippen LogP contribution < -0.4 is 5.32 Å². The Labute approximate surface area is 106 Å². The standard InChI is InChI=1S/C15H17NS/c1-10-5-3-4-6-12(10)15-9-13-11(2)16-8-7-14(13)17-15/h3-6,9,11,16H,7-8H2,1-2H3. The van der Waals surface area contributed by atoms with Crippen LogP contribution in [0.4, 0.5) is 0 Å². The number of hydrogen-bond donors (Lipinski definition) is 1. The van der Waals surface area contributed by atoms with Crippen molar-refractivity contribution >= 4 is 11.3 Å². The molecule has 0 amide bonds. The van der Waals surface area contributed by atoms with Crippen molar-refractivity contribution in [3.63, 3.8) is 0 Å². The summed E-state index contributed by atoms with van der Waals surface area (Å²) in [5, 5.41) is 3.52. The van der Waals surface area contributed by atoms with Gasteiger partial charge in [0.15, 0.2) is 0 Å². The summed E-state index contributed by atoms with van der Waals surface area (Å²) in [6, 6.07) is 11.5. The zero-order valence-electron chi connectivity index (χ0n) is 10.3. The predicted molar refractivity (Wildman–Crippen MR) is 74.6 cm³/mol. The fraction of sp³-hybridized carbons (Fsp3) is 0.333. The molecule has 2 heteroatoms. The second-order valence-electron chi connectivity index (χ2n) is 4.73. The van der Waals surface area contributed by atoms with E-state index in [-0.39, 0.29) is 0 Å². The van der Waals surface area contributed by atoms with Gasteiger partial charge in [-0.3, -0.25) is 0 Å². The predicted octanol–water partition coefficient (Wildman–Crippen LogP) is 3.93. The van der Waals surface area contributed by atoms with Crippen LogP contribution in [0.1, 0.15) is 29.0 Å². The molecule has 0 bridgehead atoms. The summed E-state index contributed by atoms with van der Waals surface area (Å²) in [6.45, 7) is 5.56. The summed E-state index contributed by atoms with van der Waals surface area (Å²) >= 11 is 1.97. The van der Waals surface area contributed by atoms with Crippen molar-refractivity contribution in [2.75, 3.05) is 6.54 Å². The number of benzene rings is 1. The van der Waals surface area contributed by atoms with Crippen LogP contribution in [0.5, 0.6) is 0 Å². The molecule has 0 saturated carbocycles. The van der Waals surface area contributed by atoms with Crippen LogP contribution in [0.15, 0.2) is 30.3 Å². The van der Waals surface area contributed by atoms with E-state index < -0.39 is 0 Å². The summed E-state index contributed by atoms with van der Waals surface area (Å²) in [5.74, 6) is 0. The molecule has 1 aromatic heterocycles. The van der Waals surface area contributed by atoms with Crippen molar-refractivity contribution < 1.29 is 0 Å². The van der Waals surface area contributed by atoms with E-state index in [0.717, 1.165) is 6.54 Å². The van der Waals surface area contributed by atoms with Gasteiger partial charge in [-0.05, 0) is 43.0 Å². The van der Waals surface area contributed by atoms with E-state index in [1.54, 1.807) is 4.88 Å². The van der Waals surface area contributed by atoms with Gasteiger partial charge in [0.05, 0.1) is 0 Å². The summed E-state index contributed by atoms with van der Waals surface area (Å²) in [7, 11) is 0. The van der Waals surface area contributed by atoms with E-state index in [4.69, 9.17) is 0 Å². The highest BCUT2D eigenvalue weighted by Gasteiger charge is 2.19. The van der Waals surface area contributed by atoms with E-state index >= 15 is 0 Å². The third-order valence-corrected chi connectivity index (χ3v) is 4.77. The lowest BCUT2D eigenvalue weighted by Gasteiger charge is -2.19. The number of aryl methyl sites for hydroxylation is 1. The first-order valence-corrected chi connectivity index (χ1v) is 6.99. The topological polar surface area (TPSA) is 12.0 Å². The lowest BCUT2D eigenvalue weighted by molar-refractivity contribution is 0.547. The van der Waals surface area contributed by atoms with Gasteiger partial charge in [-0.1, -0.05) is 24.3 Å². The highest BCUT2D eigenvalue weighted by atomic mass is 32.1. The smallest absolute Gasteiger partial charge is 0.0351 e. The van der Waals surface area contributed by atoms with Gasteiger partial charge < -0.3 is 5.32 Å². The average Bonchev–Trinajstić information content (AvgIpc) is 2.75. The first-order valence-electron chi connectivity index (χ1n) is 6.17. The Bertz CT molecular complexity index is 542. The molecular formula is C15H17NS. The lowest BCUT2D eigenvalue weighted by Crippen LogP contribution is -2.26. The molecule has 1 unspecified atom stereocenters. The Kier molecular flexibility index (Phi) is 2.77. The summed E-state index contributed by atoms with van der Waals surface area (Å²) < 4.78 is 0. The minimum absolute atomic E-state index is 0.507. The minimum atomic E-state index is 0.507. The molecule has 1 aliphatic rings. The molecule has 1 aromatic carbocycles. The molecule has 1 N–H and O–H groups in total. The molecule has 0 saturated heterocycles. The molecule has 88 valence electrons. The zero-order chi connectivity index (χ0) is 11.8. The molecule has 3 rings (SSSR count). The SMILES string of the molecule is Cc1ccccc1-c1cc2c(s1)CCNC2C. The van der Waals surface area contributed by atoms with E-state index in [2.05, 4.69) is 49.5 Å². The van der Waals surface area contributed by atoms with Crippen LogP contribution >= 0.6 is 11.3 Å². The van der Waals surface area contributed by atoms with Gasteiger partial charge in [0.2, 0.25) is 0 Å². The van der Waals surface area contributed by atoms with Gasteiger partial charge in [-0.25, -0.2) is 0 Å². The zero-order valence-corrected chi connectivity index (χ0v) is 11.1. The molecule has 1 aliphatic heterocycles. The maximum atomic E-state index is 3.52. The van der Waals surface area contributed by atoms with Gasteiger partial charge in [0.1, 0.15) is 0 Å². The molecule has 17 heavy (non-hydrogen) atoms. The summed E-state index contributed by atoms with van der Waals surface area (Å²) in [6.07, 6.45) is 1.18. The highest BCUT2D eigenvalue weighted by molar-refractivity contribution is 7.15. The van der Waals surface area contributed by atoms with E-state index in [9.17, 15) is 0 Å². The molecule has 0 radical (unpaired) electrons. The molecule has 0 fully saturated rings. The van der Waals surface area contributed by atoms with E-state index in [1.165, 1.54) is 28.0 Å². The first kappa shape index (κ1) is 11.0. The molecule has 1 atom stereocenters. The molecule has 2 aromatic rings. The van der Waals surface area contributed by atoms with Crippen molar-refractivity contribution in [2.24, 2.45) is 0 Å². The fourth-order valence-electron chi connectivity index (χ4n) is 2.50. The third-order valence-electron chi connectivity index (χ3n) is 3.52. The Morgan fingerprint density at radius 2 is 2.12 bits per heavy atom. The molecule has 0 spiro atoms. The van der Waals surface area contributed by atoms with E-state index in [1.807, 2.05) is 11.3 Å². The number of fused-ring (bicyclic) bond motifs is 1. The van der Waals surface area contributed by atoms with Gasteiger partial charge in [0.25, 0.3) is 0 Å². The highest BCUT2D eigenvalue weighted by Crippen LogP contribution is 2.37. The van der Waals surface area contributed by atoms with Crippen LogP contribution in [0.3, 0.4) is 0 Å². The molecule has 0 aliphatic carbocycles. The second-order valence-corrected chi connectivity index (χ2v) is 5.87. The monoisotopic (exact) mass is 243 g/mol. The van der Waals surface area contributed by atoms with E-state index in [0.29, 0.717) is 6.04 Å². The normalized spacial score (nSPS) is 19.1. The van der Waals surface area contributed by atoms with Gasteiger partial charge >= 0.3 is 0 Å². The number of thiophene rings is 1. The number of rotatable bonds is 1. The number of hydrogen-bond acceptors (Lipinski definition) is 2. The van der Waals surface area contributed by atoms with Crippen molar-refractivity contribution in [1.82, 2.24) is 5.32 Å². The molecule has 2 heterocycles. The Hall–Kier alpha value is -1.12. The Balaban J connectivity index is 2.08. The van der Waals surface area contributed by atoms with Crippen LogP contribution in [-0.2, 0) is 6.42 Å². The lowest BCUT2D eigenvalue weighted by atomic mass is 10.0. The second kappa shape index (κ2) is 4.28. The van der Waals surface area contributed by atoms with Crippen LogP contribution in [0.25, 0.3) is 10.4 Å². The maximum absolute atomic E-state index is 3.52. The largest absolute Gasteiger partial charge is 0.310 e. The average molecular weight is 243 g/mol. The van der Waals surface area contributed by atoms with Crippen molar-refractivity contribution in [3.8, 4) is 10.4 Å². The van der Waals surface area contributed by atoms with Crippen molar-refractivity contribution in [1.29, 1.82) is 0 Å². The quantitative estimate of drug-likeness (QED) is 0.800. The first-order chi connectivity index (χ1) is 8.25. The third kappa shape index (κ3) is 1.92. The minimum Gasteiger partial charge on any atom is -0.310 e. The Morgan fingerprint density at radius 1 is 1.29 bits per heavy atom. The van der Waals surface area contributed by atoms with Crippen molar-refractivity contribution in [3.05, 3.63) is 46.3 Å². The van der Waals surface area contributed by atoms with Crippen LogP contribution in [0, 0.1) is 6.92 Å². The van der Waals surface area contributed by atoms with Gasteiger partial charge in [-0.2, -0.15) is 0 Å². The Morgan fingerprint density at radius 3 is 2.88 bits per heavy atom. The fourth-order valence-corrected chi connectivity index (χ4v) is 3.85. The summed E-state index contributed by atoms with van der Waals surface area (Å²) in [5.41, 5.74) is 4.25. The molecule has 1 nitrogen and oxygen atoms in total. The molecular weight excluding hydrogens is 226 g/mol. The van der Waals surface area contributed by atoms with Gasteiger partial charge in [0, 0.05) is 22.3 Å². The maximum Gasteiger partial charge on any atom is 0.0351 e. The van der Waals surface area contributed by atoms with Gasteiger partial charge in [-0.15, -0.1) is 11.3 Å². The van der Waals surface area contributed by atoms with Crippen LogP contribution in [0.2, 0.25) is 0 Å². The number of nitrogens with one attached hydrogen (secondary N) is 1. The van der Waals surface area contributed by atoms with Crippen molar-refractivity contribution in [2.45, 2.75) is 26.3 Å². The van der Waals surface area contributed by atoms with Crippen LogP contribution in [-0.4, -0.2) is 6.54 Å².